The lowest BCUT2D eigenvalue weighted by Gasteiger charge is -2.42. The molecule has 1 aromatic rings. The Bertz CT molecular complexity index is 870. The summed E-state index contributed by atoms with van der Waals surface area (Å²) < 4.78 is 5.37. The summed E-state index contributed by atoms with van der Waals surface area (Å²) in [6, 6.07) is 1.12. The number of nitrogens with one attached hydrogen (secondary N) is 2. The van der Waals surface area contributed by atoms with Crippen LogP contribution in [0.25, 0.3) is 0 Å². The van der Waals surface area contributed by atoms with E-state index in [1.54, 1.807) is 14.0 Å². The number of amides is 4. The van der Waals surface area contributed by atoms with Gasteiger partial charge in [0.25, 0.3) is 0 Å². The van der Waals surface area contributed by atoms with E-state index in [1.165, 1.54) is 16.2 Å². The van der Waals surface area contributed by atoms with E-state index in [-0.39, 0.29) is 30.8 Å². The first-order valence-electron chi connectivity index (χ1n) is 11.0. The number of nitrogens with zero attached hydrogens (tertiary/aromatic N) is 3. The molecular formula is C22H33N5O4S. The maximum atomic E-state index is 13.0. The predicted molar refractivity (Wildman–Crippen MR) is 123 cm³/mol. The SMILES string of the molecule is CCOC(=O)C1=C(CN2CCN(C(=O)NC(C)C)[C@H](C)C2)N(C)C(=O)N[C@H]1c1ccsc1. The topological polar surface area (TPSA) is 94.2 Å². The van der Waals surface area contributed by atoms with Crippen LogP contribution in [-0.4, -0.2) is 84.6 Å². The number of piperazine rings is 1. The Morgan fingerprint density at radius 2 is 2.09 bits per heavy atom. The number of ether oxygens (including phenoxy) is 1. The van der Waals surface area contributed by atoms with Gasteiger partial charge in [-0.15, -0.1) is 0 Å². The summed E-state index contributed by atoms with van der Waals surface area (Å²) in [4.78, 5) is 43.7. The molecule has 3 heterocycles. The number of hydrogen-bond acceptors (Lipinski definition) is 6. The van der Waals surface area contributed by atoms with Crippen molar-refractivity contribution in [3.8, 4) is 0 Å². The van der Waals surface area contributed by atoms with Crippen LogP contribution in [0.3, 0.4) is 0 Å². The largest absolute Gasteiger partial charge is 0.463 e. The molecular weight excluding hydrogens is 430 g/mol. The molecule has 3 rings (SSSR count). The van der Waals surface area contributed by atoms with Gasteiger partial charge in [0.15, 0.2) is 0 Å². The van der Waals surface area contributed by atoms with E-state index < -0.39 is 12.0 Å². The first-order valence-corrected chi connectivity index (χ1v) is 11.9. The average molecular weight is 464 g/mol. The Morgan fingerprint density at radius 3 is 2.69 bits per heavy atom. The summed E-state index contributed by atoms with van der Waals surface area (Å²) in [6.45, 7) is 10.2. The van der Waals surface area contributed by atoms with E-state index in [1.807, 2.05) is 42.5 Å². The normalized spacial score (nSPS) is 22.2. The minimum absolute atomic E-state index is 0.00420. The van der Waals surface area contributed by atoms with Crippen molar-refractivity contribution in [2.75, 3.05) is 39.8 Å². The fourth-order valence-electron chi connectivity index (χ4n) is 4.11. The van der Waals surface area contributed by atoms with Crippen molar-refractivity contribution in [2.24, 2.45) is 0 Å². The maximum absolute atomic E-state index is 13.0. The number of hydrogen-bond donors (Lipinski definition) is 2. The van der Waals surface area contributed by atoms with Crippen LogP contribution in [0.5, 0.6) is 0 Å². The molecule has 4 amide bonds. The molecule has 0 aromatic carbocycles. The molecule has 2 aliphatic heterocycles. The molecule has 2 N–H and O–H groups in total. The molecule has 0 aliphatic carbocycles. The Hall–Kier alpha value is -2.59. The molecule has 2 atom stereocenters. The molecule has 10 heteroatoms. The first kappa shape index (κ1) is 24.1. The van der Waals surface area contributed by atoms with Gasteiger partial charge in [0.1, 0.15) is 0 Å². The third-order valence-corrected chi connectivity index (χ3v) is 6.41. The molecule has 1 aromatic heterocycles. The van der Waals surface area contributed by atoms with Crippen LogP contribution in [0.15, 0.2) is 28.1 Å². The van der Waals surface area contributed by atoms with Crippen LogP contribution >= 0.6 is 11.3 Å². The van der Waals surface area contributed by atoms with Crippen LogP contribution in [0.1, 0.15) is 39.3 Å². The minimum atomic E-state index is -0.547. The summed E-state index contributed by atoms with van der Waals surface area (Å²) in [5, 5.41) is 9.73. The standard InChI is InChI=1S/C22H33N5O4S/c1-6-31-20(28)18-17(25(5)21(29)24-19(18)16-7-10-32-13-16)12-26-8-9-27(15(4)11-26)22(30)23-14(2)3/h7,10,13-15,19H,6,8-9,11-12H2,1-5H3,(H,23,30)(H,24,29)/t15-,19+/m1/s1. The third kappa shape index (κ3) is 5.24. The molecule has 32 heavy (non-hydrogen) atoms. The molecule has 9 nitrogen and oxygen atoms in total. The smallest absolute Gasteiger partial charge is 0.338 e. The Balaban J connectivity index is 1.85. The van der Waals surface area contributed by atoms with Crippen molar-refractivity contribution in [3.05, 3.63) is 33.7 Å². The summed E-state index contributed by atoms with van der Waals surface area (Å²) in [5.74, 6) is -0.423. The van der Waals surface area contributed by atoms with Crippen molar-refractivity contribution in [3.63, 3.8) is 0 Å². The number of rotatable bonds is 6. The Kier molecular flexibility index (Phi) is 7.78. The van der Waals surface area contributed by atoms with E-state index in [2.05, 4.69) is 15.5 Å². The molecule has 2 aliphatic rings. The quantitative estimate of drug-likeness (QED) is 0.632. The van der Waals surface area contributed by atoms with Crippen LogP contribution in [0.4, 0.5) is 9.59 Å². The van der Waals surface area contributed by atoms with Gasteiger partial charge in [-0.3, -0.25) is 9.80 Å². The van der Waals surface area contributed by atoms with Crippen LogP contribution in [-0.2, 0) is 9.53 Å². The van der Waals surface area contributed by atoms with Crippen molar-refractivity contribution in [1.29, 1.82) is 0 Å². The molecule has 1 saturated heterocycles. The van der Waals surface area contributed by atoms with E-state index in [9.17, 15) is 14.4 Å². The number of urea groups is 2. The van der Waals surface area contributed by atoms with Gasteiger partial charge in [-0.1, -0.05) is 0 Å². The molecule has 176 valence electrons. The molecule has 0 bridgehead atoms. The molecule has 1 fully saturated rings. The van der Waals surface area contributed by atoms with Gasteiger partial charge in [-0.05, 0) is 50.1 Å². The Morgan fingerprint density at radius 1 is 1.34 bits per heavy atom. The van der Waals surface area contributed by atoms with Gasteiger partial charge in [0.05, 0.1) is 18.2 Å². The number of carbonyl (C=O) groups is 3. The van der Waals surface area contributed by atoms with Crippen molar-refractivity contribution in [2.45, 2.75) is 45.8 Å². The monoisotopic (exact) mass is 463 g/mol. The van der Waals surface area contributed by atoms with Crippen molar-refractivity contribution >= 4 is 29.4 Å². The zero-order chi connectivity index (χ0) is 23.4. The van der Waals surface area contributed by atoms with Gasteiger partial charge in [0.2, 0.25) is 0 Å². The highest BCUT2D eigenvalue weighted by Crippen LogP contribution is 2.32. The van der Waals surface area contributed by atoms with E-state index in [4.69, 9.17) is 4.74 Å². The zero-order valence-electron chi connectivity index (χ0n) is 19.4. The fraction of sp³-hybridized carbons (Fsp3) is 0.591. The van der Waals surface area contributed by atoms with Gasteiger partial charge in [-0.25, -0.2) is 14.4 Å². The second kappa shape index (κ2) is 10.4. The summed E-state index contributed by atoms with van der Waals surface area (Å²) >= 11 is 1.51. The number of esters is 1. The molecule has 0 spiro atoms. The fourth-order valence-corrected chi connectivity index (χ4v) is 4.79. The summed E-state index contributed by atoms with van der Waals surface area (Å²) in [7, 11) is 1.67. The number of thiophene rings is 1. The Labute approximate surface area is 193 Å². The first-order chi connectivity index (χ1) is 15.2. The maximum Gasteiger partial charge on any atom is 0.338 e. The highest BCUT2D eigenvalue weighted by Gasteiger charge is 2.38. The predicted octanol–water partition coefficient (Wildman–Crippen LogP) is 2.39. The number of likely N-dealkylation sites (N-methyl/N-ethyl adjacent to an activating group) is 1. The van der Waals surface area contributed by atoms with Crippen molar-refractivity contribution in [1.82, 2.24) is 25.3 Å². The lowest BCUT2D eigenvalue weighted by atomic mass is 9.96. The van der Waals surface area contributed by atoms with Gasteiger partial charge >= 0.3 is 18.0 Å². The van der Waals surface area contributed by atoms with Gasteiger partial charge in [-0.2, -0.15) is 11.3 Å². The van der Waals surface area contributed by atoms with E-state index in [0.717, 1.165) is 5.56 Å². The minimum Gasteiger partial charge on any atom is -0.463 e. The summed E-state index contributed by atoms with van der Waals surface area (Å²) in [5.41, 5.74) is 1.95. The average Bonchev–Trinajstić information content (AvgIpc) is 3.25. The van der Waals surface area contributed by atoms with E-state index >= 15 is 0 Å². The lowest BCUT2D eigenvalue weighted by Crippen LogP contribution is -2.58. The second-order valence-corrected chi connectivity index (χ2v) is 9.24. The number of carbonyl (C=O) groups excluding carboxylic acids is 3. The van der Waals surface area contributed by atoms with Crippen LogP contribution in [0.2, 0.25) is 0 Å². The third-order valence-electron chi connectivity index (χ3n) is 5.71. The van der Waals surface area contributed by atoms with Crippen LogP contribution in [0, 0.1) is 0 Å². The van der Waals surface area contributed by atoms with Gasteiger partial charge < -0.3 is 20.3 Å². The summed E-state index contributed by atoms with van der Waals surface area (Å²) in [6.07, 6.45) is 0. The van der Waals surface area contributed by atoms with Crippen molar-refractivity contribution < 1.29 is 19.1 Å². The van der Waals surface area contributed by atoms with E-state index in [0.29, 0.717) is 37.4 Å². The highest BCUT2D eigenvalue weighted by atomic mass is 32.1. The zero-order valence-corrected chi connectivity index (χ0v) is 20.2. The molecule has 0 unspecified atom stereocenters. The highest BCUT2D eigenvalue weighted by molar-refractivity contribution is 7.08. The molecule has 0 saturated carbocycles. The lowest BCUT2D eigenvalue weighted by molar-refractivity contribution is -0.139. The van der Waals surface area contributed by atoms with Gasteiger partial charge in [0, 0.05) is 51.0 Å². The van der Waals surface area contributed by atoms with Crippen LogP contribution < -0.4 is 10.6 Å². The second-order valence-electron chi connectivity index (χ2n) is 8.46. The molecule has 0 radical (unpaired) electrons.